The van der Waals surface area contributed by atoms with Crippen LogP contribution in [-0.2, 0) is 0 Å². The molecule has 114 valence electrons. The Morgan fingerprint density at radius 2 is 1.52 bits per heavy atom. The van der Waals surface area contributed by atoms with Crippen molar-refractivity contribution in [3.05, 3.63) is 72.3 Å². The molecule has 1 aromatic heterocycles. The monoisotopic (exact) mass is 301 g/mol. The van der Waals surface area contributed by atoms with Crippen LogP contribution in [0, 0.1) is 0 Å². The van der Waals surface area contributed by atoms with E-state index in [0.29, 0.717) is 5.92 Å². The maximum atomic E-state index is 6.06. The third-order valence-corrected chi connectivity index (χ3v) is 4.26. The van der Waals surface area contributed by atoms with Crippen molar-refractivity contribution in [3.8, 4) is 0 Å². The molecule has 2 heteroatoms. The first kappa shape index (κ1) is 13.9. The maximum absolute atomic E-state index is 6.06. The van der Waals surface area contributed by atoms with E-state index in [-0.39, 0.29) is 0 Å². The van der Waals surface area contributed by atoms with Gasteiger partial charge in [0.1, 0.15) is 5.58 Å². The second kappa shape index (κ2) is 5.47. The van der Waals surface area contributed by atoms with Crippen LogP contribution in [0.3, 0.4) is 0 Å². The van der Waals surface area contributed by atoms with Gasteiger partial charge in [-0.3, -0.25) is 0 Å². The number of fused-ring (bicyclic) bond motifs is 3. The van der Waals surface area contributed by atoms with Crippen molar-refractivity contribution >= 4 is 33.3 Å². The van der Waals surface area contributed by atoms with Gasteiger partial charge in [-0.2, -0.15) is 0 Å². The molecule has 0 bridgehead atoms. The smallest absolute Gasteiger partial charge is 0.158 e. The van der Waals surface area contributed by atoms with E-state index in [0.717, 1.165) is 33.3 Å². The fraction of sp³-hybridized carbons (Fsp3) is 0.143. The molecule has 2 nitrogen and oxygen atoms in total. The van der Waals surface area contributed by atoms with Gasteiger partial charge in [0.2, 0.25) is 0 Å². The minimum Gasteiger partial charge on any atom is -0.454 e. The molecule has 0 spiro atoms. The summed E-state index contributed by atoms with van der Waals surface area (Å²) in [5.74, 6) is 0.544. The Kier molecular flexibility index (Phi) is 3.30. The molecule has 0 fully saturated rings. The maximum Gasteiger partial charge on any atom is 0.158 e. The van der Waals surface area contributed by atoms with E-state index in [2.05, 4.69) is 67.7 Å². The SMILES string of the molecule is CC(C)c1ccc(Nc2cccc3c2oc2ccccc23)cc1. The van der Waals surface area contributed by atoms with E-state index in [1.165, 1.54) is 5.56 Å². The topological polar surface area (TPSA) is 25.2 Å². The average Bonchev–Trinajstić information content (AvgIpc) is 2.95. The second-order valence-corrected chi connectivity index (χ2v) is 6.18. The van der Waals surface area contributed by atoms with Gasteiger partial charge in [0.25, 0.3) is 0 Å². The number of para-hydroxylation sites is 2. The summed E-state index contributed by atoms with van der Waals surface area (Å²) in [6.45, 7) is 4.41. The number of anilines is 2. The quantitative estimate of drug-likeness (QED) is 0.470. The standard InChI is InChI=1S/C21H19NO/c1-14(2)15-10-12-16(13-11-15)22-19-8-5-7-18-17-6-3-4-9-20(17)23-21(18)19/h3-14,22H,1-2H3. The highest BCUT2D eigenvalue weighted by atomic mass is 16.3. The Morgan fingerprint density at radius 3 is 2.30 bits per heavy atom. The summed E-state index contributed by atoms with van der Waals surface area (Å²) in [6.07, 6.45) is 0. The van der Waals surface area contributed by atoms with E-state index in [1.807, 2.05) is 18.2 Å². The van der Waals surface area contributed by atoms with Crippen LogP contribution in [0.15, 0.2) is 71.1 Å². The van der Waals surface area contributed by atoms with Crippen LogP contribution < -0.4 is 5.32 Å². The fourth-order valence-electron chi connectivity index (χ4n) is 2.95. The molecule has 23 heavy (non-hydrogen) atoms. The predicted molar refractivity (Wildman–Crippen MR) is 97.5 cm³/mol. The molecule has 0 saturated carbocycles. The van der Waals surface area contributed by atoms with Gasteiger partial charge in [0.15, 0.2) is 5.58 Å². The van der Waals surface area contributed by atoms with Crippen molar-refractivity contribution in [1.82, 2.24) is 0 Å². The van der Waals surface area contributed by atoms with E-state index in [1.54, 1.807) is 0 Å². The highest BCUT2D eigenvalue weighted by Gasteiger charge is 2.10. The van der Waals surface area contributed by atoms with Crippen molar-refractivity contribution in [2.45, 2.75) is 19.8 Å². The normalized spacial score (nSPS) is 11.4. The molecule has 4 aromatic rings. The van der Waals surface area contributed by atoms with E-state index in [9.17, 15) is 0 Å². The summed E-state index contributed by atoms with van der Waals surface area (Å²) in [6, 6.07) is 23.0. The summed E-state index contributed by atoms with van der Waals surface area (Å²) in [4.78, 5) is 0. The number of hydrogen-bond donors (Lipinski definition) is 1. The third kappa shape index (κ3) is 2.46. The minimum absolute atomic E-state index is 0.544. The number of rotatable bonds is 3. The first-order chi connectivity index (χ1) is 11.2. The van der Waals surface area contributed by atoms with Crippen molar-refractivity contribution in [1.29, 1.82) is 0 Å². The highest BCUT2D eigenvalue weighted by Crippen LogP contribution is 2.34. The van der Waals surface area contributed by atoms with Crippen molar-refractivity contribution in [2.24, 2.45) is 0 Å². The number of nitrogens with one attached hydrogen (secondary N) is 1. The van der Waals surface area contributed by atoms with Gasteiger partial charge in [-0.05, 0) is 35.7 Å². The van der Waals surface area contributed by atoms with E-state index >= 15 is 0 Å². The fourth-order valence-corrected chi connectivity index (χ4v) is 2.95. The number of furan rings is 1. The largest absolute Gasteiger partial charge is 0.454 e. The first-order valence-corrected chi connectivity index (χ1v) is 7.99. The van der Waals surface area contributed by atoms with Crippen LogP contribution in [-0.4, -0.2) is 0 Å². The van der Waals surface area contributed by atoms with Gasteiger partial charge in [-0.1, -0.05) is 56.3 Å². The second-order valence-electron chi connectivity index (χ2n) is 6.18. The van der Waals surface area contributed by atoms with Gasteiger partial charge in [-0.25, -0.2) is 0 Å². The molecule has 1 heterocycles. The zero-order valence-electron chi connectivity index (χ0n) is 13.3. The Balaban J connectivity index is 1.76. The summed E-state index contributed by atoms with van der Waals surface area (Å²) in [5, 5.41) is 5.78. The molecule has 0 amide bonds. The molecule has 0 saturated heterocycles. The third-order valence-electron chi connectivity index (χ3n) is 4.26. The molecule has 0 aliphatic rings. The highest BCUT2D eigenvalue weighted by molar-refractivity contribution is 6.09. The van der Waals surface area contributed by atoms with Gasteiger partial charge < -0.3 is 9.73 Å². The Hall–Kier alpha value is -2.74. The molecule has 1 N–H and O–H groups in total. The average molecular weight is 301 g/mol. The Morgan fingerprint density at radius 1 is 0.783 bits per heavy atom. The summed E-state index contributed by atoms with van der Waals surface area (Å²) in [5.41, 5.74) is 5.24. The molecule has 0 unspecified atom stereocenters. The van der Waals surface area contributed by atoms with Crippen molar-refractivity contribution < 1.29 is 4.42 Å². The minimum atomic E-state index is 0.544. The van der Waals surface area contributed by atoms with Crippen LogP contribution in [0.1, 0.15) is 25.3 Å². The van der Waals surface area contributed by atoms with Crippen LogP contribution >= 0.6 is 0 Å². The van der Waals surface area contributed by atoms with Gasteiger partial charge in [0.05, 0.1) is 5.69 Å². The molecule has 3 aromatic carbocycles. The lowest BCUT2D eigenvalue weighted by molar-refractivity contribution is 0.670. The molecular weight excluding hydrogens is 282 g/mol. The van der Waals surface area contributed by atoms with Crippen LogP contribution in [0.2, 0.25) is 0 Å². The Labute approximate surface area is 135 Å². The summed E-state index contributed by atoms with van der Waals surface area (Å²) >= 11 is 0. The number of hydrogen-bond acceptors (Lipinski definition) is 2. The zero-order valence-corrected chi connectivity index (χ0v) is 13.3. The molecular formula is C21H19NO. The lowest BCUT2D eigenvalue weighted by Gasteiger charge is -2.09. The predicted octanol–water partition coefficient (Wildman–Crippen LogP) is 6.45. The number of benzene rings is 3. The van der Waals surface area contributed by atoms with Crippen LogP contribution in [0.4, 0.5) is 11.4 Å². The zero-order chi connectivity index (χ0) is 15.8. The lowest BCUT2D eigenvalue weighted by atomic mass is 10.0. The first-order valence-electron chi connectivity index (χ1n) is 7.99. The van der Waals surface area contributed by atoms with Crippen LogP contribution in [0.25, 0.3) is 21.9 Å². The molecule has 0 atom stereocenters. The molecule has 0 radical (unpaired) electrons. The van der Waals surface area contributed by atoms with Gasteiger partial charge in [-0.15, -0.1) is 0 Å². The lowest BCUT2D eigenvalue weighted by Crippen LogP contribution is -1.92. The van der Waals surface area contributed by atoms with E-state index in [4.69, 9.17) is 4.42 Å². The van der Waals surface area contributed by atoms with Gasteiger partial charge >= 0.3 is 0 Å². The molecule has 0 aliphatic heterocycles. The van der Waals surface area contributed by atoms with Gasteiger partial charge in [0, 0.05) is 16.5 Å². The van der Waals surface area contributed by atoms with Crippen molar-refractivity contribution in [2.75, 3.05) is 5.32 Å². The molecule has 4 rings (SSSR count). The van der Waals surface area contributed by atoms with Crippen molar-refractivity contribution in [3.63, 3.8) is 0 Å². The summed E-state index contributed by atoms with van der Waals surface area (Å²) in [7, 11) is 0. The van der Waals surface area contributed by atoms with E-state index < -0.39 is 0 Å². The Bertz CT molecular complexity index is 964. The molecule has 0 aliphatic carbocycles. The van der Waals surface area contributed by atoms with Crippen LogP contribution in [0.5, 0.6) is 0 Å². The summed E-state index contributed by atoms with van der Waals surface area (Å²) < 4.78 is 6.06.